The Labute approximate surface area is 98.4 Å². The summed E-state index contributed by atoms with van der Waals surface area (Å²) >= 11 is 0. The highest BCUT2D eigenvalue weighted by molar-refractivity contribution is 5.48. The van der Waals surface area contributed by atoms with E-state index in [4.69, 9.17) is 0 Å². The third kappa shape index (κ3) is 3.24. The maximum Gasteiger partial charge on any atom is 0.0345 e. The van der Waals surface area contributed by atoms with E-state index in [2.05, 4.69) is 42.7 Å². The van der Waals surface area contributed by atoms with Crippen LogP contribution in [-0.2, 0) is 0 Å². The Morgan fingerprint density at radius 2 is 2.00 bits per heavy atom. The van der Waals surface area contributed by atoms with E-state index in [1.807, 2.05) is 0 Å². The SMILES string of the molecule is Cc1cc(C)cc(NCCC2CCNC2)c1. The summed E-state index contributed by atoms with van der Waals surface area (Å²) in [7, 11) is 0. The normalized spacial score (nSPS) is 20.0. The molecule has 88 valence electrons. The van der Waals surface area contributed by atoms with E-state index in [0.29, 0.717) is 0 Å². The summed E-state index contributed by atoms with van der Waals surface area (Å²) in [6, 6.07) is 6.66. The van der Waals surface area contributed by atoms with Crippen LogP contribution in [0.25, 0.3) is 0 Å². The number of rotatable bonds is 4. The molecule has 0 spiro atoms. The molecule has 0 amide bonds. The Hall–Kier alpha value is -1.02. The van der Waals surface area contributed by atoms with Crippen LogP contribution in [0.15, 0.2) is 18.2 Å². The Bertz CT molecular complexity index is 320. The van der Waals surface area contributed by atoms with Crippen molar-refractivity contribution in [1.82, 2.24) is 5.32 Å². The highest BCUT2D eigenvalue weighted by Crippen LogP contribution is 2.16. The number of benzene rings is 1. The highest BCUT2D eigenvalue weighted by atomic mass is 14.9. The summed E-state index contributed by atoms with van der Waals surface area (Å²) in [6.07, 6.45) is 2.62. The molecule has 2 N–H and O–H groups in total. The van der Waals surface area contributed by atoms with Crippen molar-refractivity contribution < 1.29 is 0 Å². The van der Waals surface area contributed by atoms with Crippen molar-refractivity contribution in [3.63, 3.8) is 0 Å². The number of aryl methyl sites for hydroxylation is 2. The lowest BCUT2D eigenvalue weighted by Crippen LogP contribution is -2.12. The van der Waals surface area contributed by atoms with Gasteiger partial charge < -0.3 is 10.6 Å². The molecule has 1 atom stereocenters. The first-order valence-electron chi connectivity index (χ1n) is 6.27. The highest BCUT2D eigenvalue weighted by Gasteiger charge is 2.13. The Morgan fingerprint density at radius 3 is 2.62 bits per heavy atom. The largest absolute Gasteiger partial charge is 0.385 e. The van der Waals surface area contributed by atoms with Crippen molar-refractivity contribution >= 4 is 5.69 Å². The van der Waals surface area contributed by atoms with Crippen molar-refractivity contribution in [2.45, 2.75) is 26.7 Å². The fourth-order valence-electron chi connectivity index (χ4n) is 2.46. The Balaban J connectivity index is 1.80. The fraction of sp³-hybridized carbons (Fsp3) is 0.571. The van der Waals surface area contributed by atoms with E-state index in [0.717, 1.165) is 12.5 Å². The molecule has 1 aromatic carbocycles. The van der Waals surface area contributed by atoms with Crippen molar-refractivity contribution in [2.75, 3.05) is 25.0 Å². The van der Waals surface area contributed by atoms with E-state index in [1.54, 1.807) is 0 Å². The van der Waals surface area contributed by atoms with Gasteiger partial charge in [0.2, 0.25) is 0 Å². The predicted octanol–water partition coefficient (Wildman–Crippen LogP) is 2.71. The lowest BCUT2D eigenvalue weighted by atomic mass is 10.1. The zero-order valence-corrected chi connectivity index (χ0v) is 10.3. The Kier molecular flexibility index (Phi) is 3.83. The van der Waals surface area contributed by atoms with E-state index in [9.17, 15) is 0 Å². The maximum atomic E-state index is 3.53. The molecule has 16 heavy (non-hydrogen) atoms. The molecule has 0 saturated carbocycles. The van der Waals surface area contributed by atoms with Gasteiger partial charge in [-0.3, -0.25) is 0 Å². The second-order valence-electron chi connectivity index (χ2n) is 4.95. The van der Waals surface area contributed by atoms with Gasteiger partial charge >= 0.3 is 0 Å². The standard InChI is InChI=1S/C14H22N2/c1-11-7-12(2)9-14(8-11)16-6-4-13-3-5-15-10-13/h7-9,13,15-16H,3-6,10H2,1-2H3. The van der Waals surface area contributed by atoms with Crippen molar-refractivity contribution in [3.05, 3.63) is 29.3 Å². The molecule has 1 aliphatic rings. The van der Waals surface area contributed by atoms with Crippen LogP contribution in [0.3, 0.4) is 0 Å². The average molecular weight is 218 g/mol. The van der Waals surface area contributed by atoms with Gasteiger partial charge in [0.25, 0.3) is 0 Å². The molecule has 1 aromatic rings. The lowest BCUT2D eigenvalue weighted by Gasteiger charge is -2.11. The summed E-state index contributed by atoms with van der Waals surface area (Å²) in [5.41, 5.74) is 3.94. The fourth-order valence-corrected chi connectivity index (χ4v) is 2.46. The van der Waals surface area contributed by atoms with Gasteiger partial charge in [0, 0.05) is 12.2 Å². The first kappa shape index (κ1) is 11.5. The molecule has 2 heteroatoms. The van der Waals surface area contributed by atoms with Crippen LogP contribution in [-0.4, -0.2) is 19.6 Å². The zero-order chi connectivity index (χ0) is 11.4. The van der Waals surface area contributed by atoms with Crippen molar-refractivity contribution in [1.29, 1.82) is 0 Å². The van der Waals surface area contributed by atoms with Crippen molar-refractivity contribution in [2.24, 2.45) is 5.92 Å². The van der Waals surface area contributed by atoms with E-state index < -0.39 is 0 Å². The molecule has 0 radical (unpaired) electrons. The molecule has 0 aliphatic carbocycles. The summed E-state index contributed by atoms with van der Waals surface area (Å²) < 4.78 is 0. The second kappa shape index (κ2) is 5.35. The van der Waals surface area contributed by atoms with Crippen LogP contribution < -0.4 is 10.6 Å². The molecule has 1 unspecified atom stereocenters. The van der Waals surface area contributed by atoms with Crippen LogP contribution >= 0.6 is 0 Å². The minimum Gasteiger partial charge on any atom is -0.385 e. The first-order chi connectivity index (χ1) is 7.74. The third-order valence-corrected chi connectivity index (χ3v) is 3.27. The first-order valence-corrected chi connectivity index (χ1v) is 6.27. The van der Waals surface area contributed by atoms with Gasteiger partial charge in [-0.15, -0.1) is 0 Å². The molecule has 1 heterocycles. The van der Waals surface area contributed by atoms with Crippen LogP contribution in [0.2, 0.25) is 0 Å². The van der Waals surface area contributed by atoms with Crippen LogP contribution in [0, 0.1) is 19.8 Å². The third-order valence-electron chi connectivity index (χ3n) is 3.27. The molecule has 1 saturated heterocycles. The van der Waals surface area contributed by atoms with Gasteiger partial charge in [0.1, 0.15) is 0 Å². The number of nitrogens with one attached hydrogen (secondary N) is 2. The van der Waals surface area contributed by atoms with Gasteiger partial charge in [0.05, 0.1) is 0 Å². The van der Waals surface area contributed by atoms with E-state index in [-0.39, 0.29) is 0 Å². The van der Waals surface area contributed by atoms with Crippen LogP contribution in [0.5, 0.6) is 0 Å². The van der Waals surface area contributed by atoms with Gasteiger partial charge in [0.15, 0.2) is 0 Å². The van der Waals surface area contributed by atoms with E-state index >= 15 is 0 Å². The molecule has 0 aromatic heterocycles. The number of anilines is 1. The topological polar surface area (TPSA) is 24.1 Å². The molecule has 1 aliphatic heterocycles. The number of hydrogen-bond acceptors (Lipinski definition) is 2. The molecule has 0 bridgehead atoms. The molecular weight excluding hydrogens is 196 g/mol. The van der Waals surface area contributed by atoms with Crippen LogP contribution in [0.4, 0.5) is 5.69 Å². The second-order valence-corrected chi connectivity index (χ2v) is 4.95. The lowest BCUT2D eigenvalue weighted by molar-refractivity contribution is 0.549. The Morgan fingerprint density at radius 1 is 1.25 bits per heavy atom. The average Bonchev–Trinajstić information content (AvgIpc) is 2.69. The monoisotopic (exact) mass is 218 g/mol. The van der Waals surface area contributed by atoms with Gasteiger partial charge in [-0.05, 0) is 69.0 Å². The molecule has 1 fully saturated rings. The predicted molar refractivity (Wildman–Crippen MR) is 70.0 cm³/mol. The molecule has 2 rings (SSSR count). The summed E-state index contributed by atoms with van der Waals surface area (Å²) in [6.45, 7) is 7.80. The number of hydrogen-bond donors (Lipinski definition) is 2. The minimum absolute atomic E-state index is 0.874. The summed E-state index contributed by atoms with van der Waals surface area (Å²) in [5.74, 6) is 0.874. The van der Waals surface area contributed by atoms with Crippen LogP contribution in [0.1, 0.15) is 24.0 Å². The quantitative estimate of drug-likeness (QED) is 0.812. The van der Waals surface area contributed by atoms with E-state index in [1.165, 1.54) is 42.7 Å². The van der Waals surface area contributed by atoms with Gasteiger partial charge in [-0.25, -0.2) is 0 Å². The smallest absolute Gasteiger partial charge is 0.0345 e. The zero-order valence-electron chi connectivity index (χ0n) is 10.3. The summed E-state index contributed by atoms with van der Waals surface area (Å²) in [5, 5.41) is 6.94. The van der Waals surface area contributed by atoms with Gasteiger partial charge in [-0.2, -0.15) is 0 Å². The summed E-state index contributed by atoms with van der Waals surface area (Å²) in [4.78, 5) is 0. The molecule has 2 nitrogen and oxygen atoms in total. The minimum atomic E-state index is 0.874. The molecular formula is C14H22N2. The van der Waals surface area contributed by atoms with Crippen molar-refractivity contribution in [3.8, 4) is 0 Å². The van der Waals surface area contributed by atoms with Gasteiger partial charge in [-0.1, -0.05) is 6.07 Å². The maximum absolute atomic E-state index is 3.53.